The number of carbonyl (C=O) groups excluding carboxylic acids is 1. The lowest BCUT2D eigenvalue weighted by Crippen LogP contribution is -2.27. The molecule has 1 aliphatic heterocycles. The van der Waals surface area contributed by atoms with Crippen molar-refractivity contribution in [1.29, 1.82) is 0 Å². The SMILES string of the molecule is COc1ccc(C=C2SC(=S)N(Cc3ccco3)C2=O)cc1O. The van der Waals surface area contributed by atoms with Crippen LogP contribution in [0.4, 0.5) is 0 Å². The highest BCUT2D eigenvalue weighted by Gasteiger charge is 2.32. The zero-order valence-electron chi connectivity index (χ0n) is 12.2. The molecule has 1 aliphatic rings. The van der Waals surface area contributed by atoms with Gasteiger partial charge in [0.2, 0.25) is 0 Å². The van der Waals surface area contributed by atoms with Gasteiger partial charge in [-0.05, 0) is 35.9 Å². The molecule has 0 atom stereocenters. The van der Waals surface area contributed by atoms with Crippen LogP contribution in [0.25, 0.3) is 6.08 Å². The molecule has 3 rings (SSSR count). The van der Waals surface area contributed by atoms with E-state index < -0.39 is 0 Å². The lowest BCUT2D eigenvalue weighted by molar-refractivity contribution is -0.122. The van der Waals surface area contributed by atoms with E-state index in [0.717, 1.165) is 0 Å². The molecule has 23 heavy (non-hydrogen) atoms. The highest BCUT2D eigenvalue weighted by Crippen LogP contribution is 2.35. The van der Waals surface area contributed by atoms with Crippen LogP contribution in [0.2, 0.25) is 0 Å². The van der Waals surface area contributed by atoms with E-state index in [9.17, 15) is 9.90 Å². The number of furan rings is 1. The van der Waals surface area contributed by atoms with Gasteiger partial charge in [-0.3, -0.25) is 9.69 Å². The molecule has 2 aromatic rings. The maximum Gasteiger partial charge on any atom is 0.266 e. The summed E-state index contributed by atoms with van der Waals surface area (Å²) in [6, 6.07) is 8.51. The Morgan fingerprint density at radius 2 is 2.26 bits per heavy atom. The maximum atomic E-state index is 12.5. The number of benzene rings is 1. The molecule has 0 aliphatic carbocycles. The van der Waals surface area contributed by atoms with Crippen molar-refractivity contribution >= 4 is 40.3 Å². The van der Waals surface area contributed by atoms with Crippen molar-refractivity contribution in [2.24, 2.45) is 0 Å². The van der Waals surface area contributed by atoms with Crippen molar-refractivity contribution in [2.45, 2.75) is 6.54 Å². The highest BCUT2D eigenvalue weighted by atomic mass is 32.2. The molecular weight excluding hydrogens is 334 g/mol. The number of ether oxygens (including phenoxy) is 1. The van der Waals surface area contributed by atoms with Crippen LogP contribution in [0.3, 0.4) is 0 Å². The molecule has 118 valence electrons. The third-order valence-electron chi connectivity index (χ3n) is 3.27. The number of methoxy groups -OCH3 is 1. The van der Waals surface area contributed by atoms with Crippen LogP contribution in [0.15, 0.2) is 45.9 Å². The molecule has 1 saturated heterocycles. The van der Waals surface area contributed by atoms with E-state index in [4.69, 9.17) is 21.4 Å². The smallest absolute Gasteiger partial charge is 0.266 e. The molecule has 0 bridgehead atoms. The minimum Gasteiger partial charge on any atom is -0.504 e. The van der Waals surface area contributed by atoms with Gasteiger partial charge in [-0.2, -0.15) is 0 Å². The number of hydrogen-bond acceptors (Lipinski definition) is 6. The molecular formula is C16H13NO4S2. The predicted molar refractivity (Wildman–Crippen MR) is 92.1 cm³/mol. The van der Waals surface area contributed by atoms with E-state index in [1.807, 2.05) is 0 Å². The third kappa shape index (κ3) is 3.25. The van der Waals surface area contributed by atoms with Gasteiger partial charge >= 0.3 is 0 Å². The Bertz CT molecular complexity index is 783. The Morgan fingerprint density at radius 3 is 2.91 bits per heavy atom. The fourth-order valence-corrected chi connectivity index (χ4v) is 3.40. The molecule has 0 radical (unpaired) electrons. The van der Waals surface area contributed by atoms with Crippen LogP contribution in [0.5, 0.6) is 11.5 Å². The molecule has 1 aromatic heterocycles. The topological polar surface area (TPSA) is 62.9 Å². The van der Waals surface area contributed by atoms with Gasteiger partial charge in [0.15, 0.2) is 11.5 Å². The van der Waals surface area contributed by atoms with Gasteiger partial charge in [0, 0.05) is 0 Å². The van der Waals surface area contributed by atoms with Gasteiger partial charge < -0.3 is 14.3 Å². The fourth-order valence-electron chi connectivity index (χ4n) is 2.14. The second-order valence-corrected chi connectivity index (χ2v) is 6.45. The van der Waals surface area contributed by atoms with Crippen molar-refractivity contribution in [3.8, 4) is 11.5 Å². The average molecular weight is 347 g/mol. The Morgan fingerprint density at radius 1 is 1.43 bits per heavy atom. The van der Waals surface area contributed by atoms with E-state index in [-0.39, 0.29) is 11.7 Å². The number of aromatic hydroxyl groups is 1. The summed E-state index contributed by atoms with van der Waals surface area (Å²) < 4.78 is 10.7. The minimum atomic E-state index is -0.174. The van der Waals surface area contributed by atoms with Crippen LogP contribution in [0.1, 0.15) is 11.3 Å². The van der Waals surface area contributed by atoms with Gasteiger partial charge in [-0.1, -0.05) is 30.0 Å². The number of carbonyl (C=O) groups is 1. The van der Waals surface area contributed by atoms with Crippen LogP contribution in [0, 0.1) is 0 Å². The monoisotopic (exact) mass is 347 g/mol. The lowest BCUT2D eigenvalue weighted by Gasteiger charge is -2.12. The van der Waals surface area contributed by atoms with Crippen molar-refractivity contribution in [2.75, 3.05) is 7.11 Å². The summed E-state index contributed by atoms with van der Waals surface area (Å²) in [5.74, 6) is 0.899. The Balaban J connectivity index is 1.82. The molecule has 0 unspecified atom stereocenters. The molecule has 0 saturated carbocycles. The molecule has 1 fully saturated rings. The molecule has 1 aromatic carbocycles. The van der Waals surface area contributed by atoms with Crippen molar-refractivity contribution < 1.29 is 19.1 Å². The second-order valence-electron chi connectivity index (χ2n) is 4.78. The first kappa shape index (κ1) is 15.6. The molecule has 2 heterocycles. The standard InChI is InChI=1S/C16H13NO4S2/c1-20-13-5-4-10(7-12(13)18)8-14-15(19)17(16(22)23-14)9-11-3-2-6-21-11/h2-8,18H,9H2,1H3. The number of nitrogens with zero attached hydrogens (tertiary/aromatic N) is 1. The normalized spacial score (nSPS) is 16.4. The molecule has 1 N–H and O–H groups in total. The fraction of sp³-hybridized carbons (Fsp3) is 0.125. The first-order chi connectivity index (χ1) is 11.1. The Labute approximate surface area is 142 Å². The first-order valence-corrected chi connectivity index (χ1v) is 7.95. The highest BCUT2D eigenvalue weighted by molar-refractivity contribution is 8.26. The number of rotatable bonds is 4. The summed E-state index contributed by atoms with van der Waals surface area (Å²) in [5, 5.41) is 9.81. The second kappa shape index (κ2) is 6.47. The summed E-state index contributed by atoms with van der Waals surface area (Å²) in [5.41, 5.74) is 0.696. The Kier molecular flexibility index (Phi) is 4.40. The summed E-state index contributed by atoms with van der Waals surface area (Å²) in [7, 11) is 1.48. The average Bonchev–Trinajstić information content (AvgIpc) is 3.12. The molecule has 0 spiro atoms. The minimum absolute atomic E-state index is 0.0207. The maximum absolute atomic E-state index is 12.5. The zero-order chi connectivity index (χ0) is 16.4. The van der Waals surface area contributed by atoms with Crippen molar-refractivity contribution in [1.82, 2.24) is 4.90 Å². The first-order valence-electron chi connectivity index (χ1n) is 6.73. The summed E-state index contributed by atoms with van der Waals surface area (Å²) in [4.78, 5) is 14.5. The third-order valence-corrected chi connectivity index (χ3v) is 4.65. The molecule has 1 amide bonds. The summed E-state index contributed by atoms with van der Waals surface area (Å²) in [6.07, 6.45) is 3.25. The van der Waals surface area contributed by atoms with Crippen molar-refractivity contribution in [3.63, 3.8) is 0 Å². The zero-order valence-corrected chi connectivity index (χ0v) is 13.8. The predicted octanol–water partition coefficient (Wildman–Crippen LogP) is 3.40. The number of thioether (sulfide) groups is 1. The van der Waals surface area contributed by atoms with Crippen LogP contribution < -0.4 is 4.74 Å². The summed E-state index contributed by atoms with van der Waals surface area (Å²) >= 11 is 6.49. The van der Waals surface area contributed by atoms with Crippen molar-refractivity contribution in [3.05, 3.63) is 52.8 Å². The number of amides is 1. The largest absolute Gasteiger partial charge is 0.504 e. The number of hydrogen-bond donors (Lipinski definition) is 1. The summed E-state index contributed by atoms with van der Waals surface area (Å²) in [6.45, 7) is 0.308. The van der Waals surface area contributed by atoms with E-state index >= 15 is 0 Å². The Hall–Kier alpha value is -2.25. The van der Waals surface area contributed by atoms with E-state index in [1.54, 1.807) is 36.6 Å². The molecule has 7 heteroatoms. The van der Waals surface area contributed by atoms with Crippen LogP contribution >= 0.6 is 24.0 Å². The van der Waals surface area contributed by atoms with Crippen LogP contribution in [-0.4, -0.2) is 27.3 Å². The molecule has 5 nitrogen and oxygen atoms in total. The van der Waals surface area contributed by atoms with E-state index in [1.165, 1.54) is 29.8 Å². The van der Waals surface area contributed by atoms with Gasteiger partial charge in [0.1, 0.15) is 10.1 Å². The van der Waals surface area contributed by atoms with Gasteiger partial charge in [0.25, 0.3) is 5.91 Å². The van der Waals surface area contributed by atoms with Gasteiger partial charge in [-0.25, -0.2) is 0 Å². The number of phenolic OH excluding ortho intramolecular Hbond substituents is 1. The van der Waals surface area contributed by atoms with Crippen LogP contribution in [-0.2, 0) is 11.3 Å². The van der Waals surface area contributed by atoms with E-state index in [2.05, 4.69) is 0 Å². The van der Waals surface area contributed by atoms with Gasteiger partial charge in [0.05, 0.1) is 24.8 Å². The van der Waals surface area contributed by atoms with Gasteiger partial charge in [-0.15, -0.1) is 0 Å². The number of thiocarbonyl (C=S) groups is 1. The number of phenols is 1. The van der Waals surface area contributed by atoms with E-state index in [0.29, 0.717) is 32.8 Å². The quantitative estimate of drug-likeness (QED) is 0.676. The lowest BCUT2D eigenvalue weighted by atomic mass is 10.2.